The summed E-state index contributed by atoms with van der Waals surface area (Å²) in [4.78, 5) is 26.0. The number of halogens is 2. The maximum Gasteiger partial charge on any atom is 0.328 e. The van der Waals surface area contributed by atoms with Crippen molar-refractivity contribution >= 4 is 39.4 Å². The van der Waals surface area contributed by atoms with E-state index in [1.807, 2.05) is 0 Å². The van der Waals surface area contributed by atoms with Gasteiger partial charge in [-0.2, -0.15) is 0 Å². The fourth-order valence-corrected chi connectivity index (χ4v) is 2.90. The van der Waals surface area contributed by atoms with Crippen LogP contribution in [-0.2, 0) is 9.53 Å². The Morgan fingerprint density at radius 2 is 2.25 bits per heavy atom. The number of amides is 1. The lowest BCUT2D eigenvalue weighted by molar-refractivity contribution is -0.147. The van der Waals surface area contributed by atoms with Gasteiger partial charge < -0.3 is 9.64 Å². The molecule has 20 heavy (non-hydrogen) atoms. The van der Waals surface area contributed by atoms with Crippen LogP contribution in [0.25, 0.3) is 0 Å². The molecule has 0 spiro atoms. The summed E-state index contributed by atoms with van der Waals surface area (Å²) in [5.74, 6) is -0.536. The number of ether oxygens (including phenoxy) is 1. The monoisotopic (exact) mass is 359 g/mol. The Bertz CT molecular complexity index is 535. The molecule has 0 aromatic heterocycles. The molecule has 1 atom stereocenters. The Labute approximate surface area is 131 Å². The first-order valence-electron chi connectivity index (χ1n) is 6.47. The van der Waals surface area contributed by atoms with E-state index >= 15 is 0 Å². The van der Waals surface area contributed by atoms with Crippen molar-refractivity contribution in [1.82, 2.24) is 4.90 Å². The molecule has 0 bridgehead atoms. The van der Waals surface area contributed by atoms with Crippen molar-refractivity contribution in [2.45, 2.75) is 25.8 Å². The van der Waals surface area contributed by atoms with Crippen LogP contribution in [0.1, 0.15) is 30.1 Å². The lowest BCUT2D eigenvalue weighted by atomic mass is 10.1. The minimum atomic E-state index is -0.492. The highest BCUT2D eigenvalue weighted by Gasteiger charge is 2.36. The third-order valence-corrected chi connectivity index (χ3v) is 4.16. The van der Waals surface area contributed by atoms with Gasteiger partial charge in [0.05, 0.1) is 12.2 Å². The van der Waals surface area contributed by atoms with Crippen LogP contribution in [0.2, 0.25) is 5.02 Å². The fourth-order valence-electron chi connectivity index (χ4n) is 2.31. The smallest absolute Gasteiger partial charge is 0.328 e. The first kappa shape index (κ1) is 15.3. The van der Waals surface area contributed by atoms with Crippen molar-refractivity contribution in [3.63, 3.8) is 0 Å². The van der Waals surface area contributed by atoms with E-state index in [4.69, 9.17) is 16.3 Å². The summed E-state index contributed by atoms with van der Waals surface area (Å²) in [7, 11) is 0. The highest BCUT2D eigenvalue weighted by Crippen LogP contribution is 2.26. The molecule has 1 unspecified atom stereocenters. The highest BCUT2D eigenvalue weighted by molar-refractivity contribution is 9.10. The van der Waals surface area contributed by atoms with Crippen LogP contribution in [0.15, 0.2) is 22.7 Å². The summed E-state index contributed by atoms with van der Waals surface area (Å²) in [6, 6.07) is 4.54. The average molecular weight is 361 g/mol. The molecule has 1 aliphatic heterocycles. The number of hydrogen-bond acceptors (Lipinski definition) is 3. The zero-order valence-corrected chi connectivity index (χ0v) is 13.4. The first-order valence-corrected chi connectivity index (χ1v) is 7.64. The largest absolute Gasteiger partial charge is 0.464 e. The molecule has 0 aliphatic carbocycles. The number of benzene rings is 1. The van der Waals surface area contributed by atoms with Crippen LogP contribution in [0, 0.1) is 0 Å². The number of carbonyl (C=O) groups is 2. The molecule has 6 heteroatoms. The van der Waals surface area contributed by atoms with Crippen molar-refractivity contribution in [1.29, 1.82) is 0 Å². The molecule has 1 aliphatic rings. The molecule has 0 radical (unpaired) electrons. The van der Waals surface area contributed by atoms with E-state index in [1.54, 1.807) is 30.0 Å². The quantitative estimate of drug-likeness (QED) is 0.777. The number of rotatable bonds is 3. The third kappa shape index (κ3) is 3.15. The van der Waals surface area contributed by atoms with Crippen LogP contribution in [0.3, 0.4) is 0 Å². The molecule has 1 fully saturated rings. The van der Waals surface area contributed by atoms with Crippen molar-refractivity contribution in [2.75, 3.05) is 13.2 Å². The Morgan fingerprint density at radius 1 is 1.50 bits per heavy atom. The number of hydrogen-bond donors (Lipinski definition) is 0. The molecule has 1 heterocycles. The summed E-state index contributed by atoms with van der Waals surface area (Å²) in [5, 5.41) is 0.489. The van der Waals surface area contributed by atoms with Gasteiger partial charge in [0, 0.05) is 16.0 Å². The van der Waals surface area contributed by atoms with Crippen LogP contribution in [0.4, 0.5) is 0 Å². The van der Waals surface area contributed by atoms with Gasteiger partial charge in [-0.3, -0.25) is 4.79 Å². The topological polar surface area (TPSA) is 46.6 Å². The molecule has 1 amide bonds. The fraction of sp³-hybridized carbons (Fsp3) is 0.429. The number of likely N-dealkylation sites (tertiary alicyclic amines) is 1. The first-order chi connectivity index (χ1) is 9.54. The molecule has 1 aromatic carbocycles. The zero-order chi connectivity index (χ0) is 14.7. The Morgan fingerprint density at radius 3 is 2.95 bits per heavy atom. The van der Waals surface area contributed by atoms with Crippen LogP contribution < -0.4 is 0 Å². The van der Waals surface area contributed by atoms with E-state index < -0.39 is 6.04 Å². The molecule has 2 rings (SSSR count). The second kappa shape index (κ2) is 6.59. The molecule has 1 saturated heterocycles. The second-order valence-corrected chi connectivity index (χ2v) is 5.82. The van der Waals surface area contributed by atoms with E-state index in [0.29, 0.717) is 34.6 Å². The van der Waals surface area contributed by atoms with Gasteiger partial charge in [-0.05, 0) is 53.9 Å². The zero-order valence-electron chi connectivity index (χ0n) is 11.1. The summed E-state index contributed by atoms with van der Waals surface area (Å²) < 4.78 is 5.69. The van der Waals surface area contributed by atoms with Crippen LogP contribution in [0.5, 0.6) is 0 Å². The number of nitrogens with zero attached hydrogens (tertiary/aromatic N) is 1. The normalized spacial score (nSPS) is 18.1. The van der Waals surface area contributed by atoms with Gasteiger partial charge >= 0.3 is 5.97 Å². The Kier molecular flexibility index (Phi) is 5.05. The lowest BCUT2D eigenvalue weighted by Crippen LogP contribution is -2.41. The summed E-state index contributed by atoms with van der Waals surface area (Å²) in [6.07, 6.45) is 1.44. The van der Waals surface area contributed by atoms with E-state index in [9.17, 15) is 9.59 Å². The van der Waals surface area contributed by atoms with Gasteiger partial charge in [0.1, 0.15) is 6.04 Å². The van der Waals surface area contributed by atoms with E-state index in [0.717, 1.165) is 6.42 Å². The minimum absolute atomic E-state index is 0.199. The van der Waals surface area contributed by atoms with Gasteiger partial charge in [-0.1, -0.05) is 11.6 Å². The summed E-state index contributed by atoms with van der Waals surface area (Å²) >= 11 is 9.28. The maximum atomic E-state index is 12.6. The van der Waals surface area contributed by atoms with Crippen LogP contribution in [-0.4, -0.2) is 36.0 Å². The van der Waals surface area contributed by atoms with Crippen molar-refractivity contribution < 1.29 is 14.3 Å². The van der Waals surface area contributed by atoms with Crippen LogP contribution >= 0.6 is 27.5 Å². The Balaban J connectivity index is 2.23. The standard InChI is InChI=1S/C14H15BrClNO3/c1-2-20-14(19)12-4-3-7-17(12)13(18)10-8-9(16)5-6-11(10)15/h5-6,8,12H,2-4,7H2,1H3. The van der Waals surface area contributed by atoms with Crippen molar-refractivity contribution in [2.24, 2.45) is 0 Å². The molecule has 108 valence electrons. The maximum absolute atomic E-state index is 12.6. The van der Waals surface area contributed by atoms with Crippen molar-refractivity contribution in [3.8, 4) is 0 Å². The van der Waals surface area contributed by atoms with Gasteiger partial charge in [0.15, 0.2) is 0 Å². The second-order valence-electron chi connectivity index (χ2n) is 4.53. The van der Waals surface area contributed by atoms with E-state index in [2.05, 4.69) is 15.9 Å². The summed E-state index contributed by atoms with van der Waals surface area (Å²) in [6.45, 7) is 2.63. The lowest BCUT2D eigenvalue weighted by Gasteiger charge is -2.23. The predicted octanol–water partition coefficient (Wildman–Crippen LogP) is 3.27. The SMILES string of the molecule is CCOC(=O)C1CCCN1C(=O)c1cc(Cl)ccc1Br. The predicted molar refractivity (Wildman–Crippen MR) is 79.8 cm³/mol. The molecular formula is C14H15BrClNO3. The molecule has 0 saturated carbocycles. The van der Waals surface area contributed by atoms with Gasteiger partial charge in [0.25, 0.3) is 5.91 Å². The molecular weight excluding hydrogens is 346 g/mol. The van der Waals surface area contributed by atoms with Crippen molar-refractivity contribution in [3.05, 3.63) is 33.3 Å². The summed E-state index contributed by atoms with van der Waals surface area (Å²) in [5.41, 5.74) is 0.466. The van der Waals surface area contributed by atoms with Gasteiger partial charge in [-0.25, -0.2) is 4.79 Å². The van der Waals surface area contributed by atoms with Gasteiger partial charge in [-0.15, -0.1) is 0 Å². The Hall–Kier alpha value is -1.07. The number of carbonyl (C=O) groups excluding carboxylic acids is 2. The molecule has 0 N–H and O–H groups in total. The third-order valence-electron chi connectivity index (χ3n) is 3.23. The van der Waals surface area contributed by atoms with E-state index in [1.165, 1.54) is 0 Å². The minimum Gasteiger partial charge on any atom is -0.464 e. The number of esters is 1. The van der Waals surface area contributed by atoms with Gasteiger partial charge in [0.2, 0.25) is 0 Å². The highest BCUT2D eigenvalue weighted by atomic mass is 79.9. The molecule has 1 aromatic rings. The molecule has 4 nitrogen and oxygen atoms in total. The van der Waals surface area contributed by atoms with E-state index in [-0.39, 0.29) is 11.9 Å². The average Bonchev–Trinajstić information content (AvgIpc) is 2.90.